The highest BCUT2D eigenvalue weighted by molar-refractivity contribution is 4.74. The normalized spacial score (nSPS) is 23.8. The summed E-state index contributed by atoms with van der Waals surface area (Å²) in [6, 6.07) is 0.660. The zero-order chi connectivity index (χ0) is 12.5. The minimum atomic E-state index is 0.474. The van der Waals surface area contributed by atoms with Crippen LogP contribution < -0.4 is 5.32 Å². The van der Waals surface area contributed by atoms with Crippen LogP contribution in [0.3, 0.4) is 0 Å². The zero-order valence-electron chi connectivity index (χ0n) is 11.9. The molecule has 1 aliphatic heterocycles. The van der Waals surface area contributed by atoms with Crippen molar-refractivity contribution in [1.29, 1.82) is 0 Å². The lowest BCUT2D eigenvalue weighted by molar-refractivity contribution is 0.00623. The summed E-state index contributed by atoms with van der Waals surface area (Å²) in [7, 11) is 0. The second-order valence-electron chi connectivity index (χ2n) is 5.16. The Morgan fingerprint density at radius 3 is 2.94 bits per heavy atom. The number of likely N-dealkylation sites (tertiary alicyclic amines) is 1. The SMILES string of the molecule is CCCC(C)NCCN1CCCC(OCC)C1. The summed E-state index contributed by atoms with van der Waals surface area (Å²) in [4.78, 5) is 2.54. The number of hydrogen-bond acceptors (Lipinski definition) is 3. The average Bonchev–Trinajstić information content (AvgIpc) is 2.30. The molecule has 0 spiro atoms. The average molecular weight is 242 g/mol. The highest BCUT2D eigenvalue weighted by Gasteiger charge is 2.19. The van der Waals surface area contributed by atoms with Crippen LogP contribution in [-0.4, -0.2) is 49.8 Å². The Morgan fingerprint density at radius 1 is 1.41 bits per heavy atom. The lowest BCUT2D eigenvalue weighted by Crippen LogP contribution is -2.43. The number of ether oxygens (including phenoxy) is 1. The molecule has 0 aromatic carbocycles. The fourth-order valence-electron chi connectivity index (χ4n) is 2.59. The lowest BCUT2D eigenvalue weighted by atomic mass is 10.1. The van der Waals surface area contributed by atoms with E-state index in [2.05, 4.69) is 31.0 Å². The Kier molecular flexibility index (Phi) is 7.82. The van der Waals surface area contributed by atoms with E-state index >= 15 is 0 Å². The minimum Gasteiger partial charge on any atom is -0.377 e. The Labute approximate surface area is 107 Å². The van der Waals surface area contributed by atoms with Gasteiger partial charge in [-0.15, -0.1) is 0 Å². The van der Waals surface area contributed by atoms with Crippen LogP contribution >= 0.6 is 0 Å². The Balaban J connectivity index is 2.09. The minimum absolute atomic E-state index is 0.474. The van der Waals surface area contributed by atoms with Crippen LogP contribution in [-0.2, 0) is 4.74 Å². The summed E-state index contributed by atoms with van der Waals surface area (Å²) in [5.41, 5.74) is 0. The monoisotopic (exact) mass is 242 g/mol. The van der Waals surface area contributed by atoms with Gasteiger partial charge in [-0.25, -0.2) is 0 Å². The third kappa shape index (κ3) is 6.39. The standard InChI is InChI=1S/C14H30N2O/c1-4-7-13(3)15-9-11-16-10-6-8-14(12-16)17-5-2/h13-15H,4-12H2,1-3H3. The molecule has 1 N–H and O–H groups in total. The third-order valence-electron chi connectivity index (χ3n) is 3.51. The Morgan fingerprint density at radius 2 is 2.24 bits per heavy atom. The van der Waals surface area contributed by atoms with Gasteiger partial charge in [-0.3, -0.25) is 4.90 Å². The molecule has 0 saturated carbocycles. The molecule has 0 bridgehead atoms. The molecular formula is C14H30N2O. The smallest absolute Gasteiger partial charge is 0.0702 e. The first kappa shape index (κ1) is 14.9. The number of rotatable bonds is 8. The van der Waals surface area contributed by atoms with Gasteiger partial charge >= 0.3 is 0 Å². The molecule has 0 aromatic rings. The van der Waals surface area contributed by atoms with E-state index in [1.807, 2.05) is 0 Å². The van der Waals surface area contributed by atoms with Gasteiger partial charge in [0, 0.05) is 32.3 Å². The maximum Gasteiger partial charge on any atom is 0.0702 e. The molecule has 17 heavy (non-hydrogen) atoms. The second kappa shape index (κ2) is 8.90. The van der Waals surface area contributed by atoms with Gasteiger partial charge < -0.3 is 10.1 Å². The van der Waals surface area contributed by atoms with Crippen molar-refractivity contribution in [2.75, 3.05) is 32.8 Å². The van der Waals surface area contributed by atoms with Gasteiger partial charge in [0.25, 0.3) is 0 Å². The highest BCUT2D eigenvalue weighted by atomic mass is 16.5. The van der Waals surface area contributed by atoms with E-state index in [1.54, 1.807) is 0 Å². The summed E-state index contributed by atoms with van der Waals surface area (Å²) in [6.07, 6.45) is 5.55. The first-order valence-corrected chi connectivity index (χ1v) is 7.33. The van der Waals surface area contributed by atoms with Crippen LogP contribution in [0, 0.1) is 0 Å². The van der Waals surface area contributed by atoms with Gasteiger partial charge in [-0.2, -0.15) is 0 Å². The molecule has 1 fully saturated rings. The van der Waals surface area contributed by atoms with Crippen LogP contribution in [0.1, 0.15) is 46.5 Å². The van der Waals surface area contributed by atoms with Crippen molar-refractivity contribution >= 4 is 0 Å². The van der Waals surface area contributed by atoms with Crippen molar-refractivity contribution in [1.82, 2.24) is 10.2 Å². The van der Waals surface area contributed by atoms with E-state index in [1.165, 1.54) is 32.2 Å². The summed E-state index contributed by atoms with van der Waals surface area (Å²) >= 11 is 0. The summed E-state index contributed by atoms with van der Waals surface area (Å²) < 4.78 is 5.72. The van der Waals surface area contributed by atoms with Gasteiger partial charge in [-0.05, 0) is 39.7 Å². The molecule has 1 rings (SSSR count). The molecule has 2 unspecified atom stereocenters. The van der Waals surface area contributed by atoms with Crippen LogP contribution in [0.25, 0.3) is 0 Å². The molecule has 0 aromatic heterocycles. The van der Waals surface area contributed by atoms with Crippen molar-refractivity contribution in [3.63, 3.8) is 0 Å². The maximum absolute atomic E-state index is 5.72. The predicted octanol–water partition coefficient (Wildman–Crippen LogP) is 2.27. The largest absolute Gasteiger partial charge is 0.377 e. The first-order chi connectivity index (χ1) is 8.26. The van der Waals surface area contributed by atoms with Gasteiger partial charge in [0.15, 0.2) is 0 Å². The van der Waals surface area contributed by atoms with Crippen molar-refractivity contribution in [2.45, 2.75) is 58.6 Å². The van der Waals surface area contributed by atoms with Crippen LogP contribution in [0.5, 0.6) is 0 Å². The molecule has 0 amide bonds. The number of nitrogens with one attached hydrogen (secondary N) is 1. The van der Waals surface area contributed by atoms with E-state index in [0.717, 1.165) is 26.2 Å². The highest BCUT2D eigenvalue weighted by Crippen LogP contribution is 2.12. The fraction of sp³-hybridized carbons (Fsp3) is 1.00. The molecule has 102 valence electrons. The molecular weight excluding hydrogens is 212 g/mol. The second-order valence-corrected chi connectivity index (χ2v) is 5.16. The fourth-order valence-corrected chi connectivity index (χ4v) is 2.59. The zero-order valence-corrected chi connectivity index (χ0v) is 11.9. The van der Waals surface area contributed by atoms with Gasteiger partial charge in [0.2, 0.25) is 0 Å². The van der Waals surface area contributed by atoms with Crippen molar-refractivity contribution in [2.24, 2.45) is 0 Å². The van der Waals surface area contributed by atoms with Gasteiger partial charge in [-0.1, -0.05) is 13.3 Å². The van der Waals surface area contributed by atoms with Crippen LogP contribution in [0.4, 0.5) is 0 Å². The molecule has 3 nitrogen and oxygen atoms in total. The third-order valence-corrected chi connectivity index (χ3v) is 3.51. The van der Waals surface area contributed by atoms with E-state index in [-0.39, 0.29) is 0 Å². The lowest BCUT2D eigenvalue weighted by Gasteiger charge is -2.32. The van der Waals surface area contributed by atoms with E-state index in [4.69, 9.17) is 4.74 Å². The molecule has 3 heteroatoms. The molecule has 1 aliphatic rings. The first-order valence-electron chi connectivity index (χ1n) is 7.33. The van der Waals surface area contributed by atoms with Crippen molar-refractivity contribution in [3.05, 3.63) is 0 Å². The summed E-state index contributed by atoms with van der Waals surface area (Å²) in [5, 5.41) is 3.60. The van der Waals surface area contributed by atoms with E-state index < -0.39 is 0 Å². The maximum atomic E-state index is 5.72. The molecule has 2 atom stereocenters. The molecule has 0 radical (unpaired) electrons. The summed E-state index contributed by atoms with van der Waals surface area (Å²) in [6.45, 7) is 12.1. The molecule has 0 aliphatic carbocycles. The molecule has 1 saturated heterocycles. The van der Waals surface area contributed by atoms with E-state index in [9.17, 15) is 0 Å². The topological polar surface area (TPSA) is 24.5 Å². The summed E-state index contributed by atoms with van der Waals surface area (Å²) in [5.74, 6) is 0. The Hall–Kier alpha value is -0.120. The van der Waals surface area contributed by atoms with Crippen molar-refractivity contribution in [3.8, 4) is 0 Å². The van der Waals surface area contributed by atoms with Crippen LogP contribution in [0.2, 0.25) is 0 Å². The van der Waals surface area contributed by atoms with Crippen LogP contribution in [0.15, 0.2) is 0 Å². The number of piperidine rings is 1. The van der Waals surface area contributed by atoms with Crippen molar-refractivity contribution < 1.29 is 4.74 Å². The quantitative estimate of drug-likeness (QED) is 0.706. The predicted molar refractivity (Wildman–Crippen MR) is 73.5 cm³/mol. The van der Waals surface area contributed by atoms with Gasteiger partial charge in [0.05, 0.1) is 6.10 Å². The Bertz CT molecular complexity index is 185. The molecule has 1 heterocycles. The van der Waals surface area contributed by atoms with E-state index in [0.29, 0.717) is 12.1 Å². The number of hydrogen-bond donors (Lipinski definition) is 1. The van der Waals surface area contributed by atoms with Gasteiger partial charge in [0.1, 0.15) is 0 Å². The number of nitrogens with zero attached hydrogens (tertiary/aromatic N) is 1.